The van der Waals surface area contributed by atoms with Crippen LogP contribution in [-0.4, -0.2) is 37.7 Å². The van der Waals surface area contributed by atoms with Gasteiger partial charge in [-0.1, -0.05) is 17.8 Å². The van der Waals surface area contributed by atoms with Gasteiger partial charge in [-0.05, 0) is 25.1 Å². The van der Waals surface area contributed by atoms with Gasteiger partial charge in [0, 0.05) is 30.7 Å². The molecule has 0 saturated carbocycles. The van der Waals surface area contributed by atoms with E-state index in [1.807, 2.05) is 26.1 Å². The average Bonchev–Trinajstić information content (AvgIpc) is 2.75. The summed E-state index contributed by atoms with van der Waals surface area (Å²) in [6.45, 7) is 1.95. The number of thioether (sulfide) groups is 1. The van der Waals surface area contributed by atoms with E-state index in [4.69, 9.17) is 0 Å². The number of aromatic nitrogens is 2. The maximum atomic E-state index is 9.90. The van der Waals surface area contributed by atoms with E-state index < -0.39 is 5.56 Å². The predicted octanol–water partition coefficient (Wildman–Crippen LogP) is 2.57. The van der Waals surface area contributed by atoms with Crippen LogP contribution in [0.25, 0.3) is 4.91 Å². The molecule has 1 aliphatic heterocycles. The molecule has 1 unspecified atom stereocenters. The predicted molar refractivity (Wildman–Crippen MR) is 87.4 cm³/mol. The first-order chi connectivity index (χ1) is 10.5. The summed E-state index contributed by atoms with van der Waals surface area (Å²) in [7, 11) is 1.84. The number of nitrogens with zero attached hydrogens (tertiary/aromatic N) is 3. The molecule has 0 aliphatic carbocycles. The van der Waals surface area contributed by atoms with Crippen LogP contribution >= 0.6 is 11.8 Å². The zero-order valence-electron chi connectivity index (χ0n) is 12.2. The molecule has 6 nitrogen and oxygen atoms in total. The lowest BCUT2D eigenvalue weighted by Crippen LogP contribution is -2.21. The number of phenolic OH excluding ortho intramolecular Hbond substituents is 1. The highest BCUT2D eigenvalue weighted by Gasteiger charge is 2.27. The molecule has 0 saturated heterocycles. The van der Waals surface area contributed by atoms with Crippen molar-refractivity contribution < 1.29 is 10.2 Å². The summed E-state index contributed by atoms with van der Waals surface area (Å²) in [5, 5.41) is 22.4. The minimum atomic E-state index is -0.590. The van der Waals surface area contributed by atoms with Crippen LogP contribution in [0.2, 0.25) is 0 Å². The van der Waals surface area contributed by atoms with Gasteiger partial charge in [-0.25, -0.2) is 9.97 Å². The molecule has 3 N–H and O–H groups in total. The molecule has 1 aliphatic rings. The molecule has 1 atom stereocenters. The lowest BCUT2D eigenvalue weighted by Gasteiger charge is -2.16. The second-order valence-electron chi connectivity index (χ2n) is 4.91. The molecule has 1 aromatic carbocycles. The van der Waals surface area contributed by atoms with Gasteiger partial charge in [-0.2, -0.15) is 0 Å². The van der Waals surface area contributed by atoms with Gasteiger partial charge in [0.05, 0.1) is 10.6 Å². The highest BCUT2D eigenvalue weighted by atomic mass is 32.2. The van der Waals surface area contributed by atoms with Gasteiger partial charge in [-0.15, -0.1) is 0 Å². The van der Waals surface area contributed by atoms with Crippen LogP contribution in [0.1, 0.15) is 12.6 Å². The standard InChI is InChI=1S/C15H16N4O2S/c1-9-13(22-15(21)19(9)2)12-6-7-16-14(18-12)17-10-4-3-5-11(20)8-10/h3-8,15,20-21H,1-2H3,(H,16,17,18). The number of aliphatic hydroxyl groups is 1. The minimum absolute atomic E-state index is 0.177. The van der Waals surface area contributed by atoms with Crippen molar-refractivity contribution in [2.75, 3.05) is 12.4 Å². The molecule has 0 radical (unpaired) electrons. The third-order valence-corrected chi connectivity index (χ3v) is 4.67. The minimum Gasteiger partial charge on any atom is -0.508 e. The van der Waals surface area contributed by atoms with Crippen LogP contribution in [-0.2, 0) is 0 Å². The Morgan fingerprint density at radius 3 is 2.82 bits per heavy atom. The molecule has 114 valence electrons. The lowest BCUT2D eigenvalue weighted by atomic mass is 10.3. The smallest absolute Gasteiger partial charge is 0.227 e. The molecule has 7 heteroatoms. The van der Waals surface area contributed by atoms with Crippen molar-refractivity contribution in [1.82, 2.24) is 14.9 Å². The van der Waals surface area contributed by atoms with Gasteiger partial charge in [0.15, 0.2) is 5.56 Å². The van der Waals surface area contributed by atoms with Crippen molar-refractivity contribution in [1.29, 1.82) is 0 Å². The Hall–Kier alpha value is -2.25. The number of hydrogen-bond donors (Lipinski definition) is 3. The zero-order valence-corrected chi connectivity index (χ0v) is 13.0. The van der Waals surface area contributed by atoms with E-state index >= 15 is 0 Å². The fourth-order valence-electron chi connectivity index (χ4n) is 2.10. The Morgan fingerprint density at radius 2 is 2.14 bits per heavy atom. The number of allylic oxidation sites excluding steroid dienone is 1. The molecule has 2 aromatic rings. The van der Waals surface area contributed by atoms with Crippen LogP contribution in [0.15, 0.2) is 42.2 Å². The first-order valence-corrected chi connectivity index (χ1v) is 7.60. The van der Waals surface area contributed by atoms with Crippen LogP contribution < -0.4 is 5.32 Å². The Balaban J connectivity index is 1.88. The molecule has 22 heavy (non-hydrogen) atoms. The molecule has 0 amide bonds. The number of anilines is 2. The van der Waals surface area contributed by atoms with Gasteiger partial charge in [0.25, 0.3) is 0 Å². The summed E-state index contributed by atoms with van der Waals surface area (Å²) < 4.78 is 0. The fraction of sp³-hybridized carbons (Fsp3) is 0.200. The van der Waals surface area contributed by atoms with Crippen LogP contribution in [0.5, 0.6) is 5.75 Å². The molecular formula is C15H16N4O2S. The first kappa shape index (κ1) is 14.7. The average molecular weight is 316 g/mol. The highest BCUT2D eigenvalue weighted by molar-refractivity contribution is 8.08. The van der Waals surface area contributed by atoms with E-state index in [-0.39, 0.29) is 5.75 Å². The van der Waals surface area contributed by atoms with Crippen molar-refractivity contribution in [3.63, 3.8) is 0 Å². The van der Waals surface area contributed by atoms with Gasteiger partial charge < -0.3 is 20.4 Å². The molecule has 1 aromatic heterocycles. The van der Waals surface area contributed by atoms with Crippen molar-refractivity contribution in [3.05, 3.63) is 47.9 Å². The lowest BCUT2D eigenvalue weighted by molar-refractivity contribution is 0.134. The number of benzene rings is 1. The van der Waals surface area contributed by atoms with Gasteiger partial charge in [-0.3, -0.25) is 0 Å². The van der Waals surface area contributed by atoms with Crippen LogP contribution in [0.4, 0.5) is 11.6 Å². The van der Waals surface area contributed by atoms with E-state index in [0.29, 0.717) is 11.6 Å². The fourth-order valence-corrected chi connectivity index (χ4v) is 3.18. The normalized spacial score (nSPS) is 18.0. The second-order valence-corrected chi connectivity index (χ2v) is 5.98. The Morgan fingerprint density at radius 1 is 1.32 bits per heavy atom. The van der Waals surface area contributed by atoms with Crippen molar-refractivity contribution >= 4 is 28.3 Å². The van der Waals surface area contributed by atoms with E-state index in [1.54, 1.807) is 29.3 Å². The number of phenols is 1. The number of aromatic hydroxyl groups is 1. The quantitative estimate of drug-likeness (QED) is 0.803. The van der Waals surface area contributed by atoms with Gasteiger partial charge in [0.2, 0.25) is 5.95 Å². The third-order valence-electron chi connectivity index (χ3n) is 3.40. The highest BCUT2D eigenvalue weighted by Crippen LogP contribution is 2.41. The number of aliphatic hydroxyl groups excluding tert-OH is 1. The Bertz CT molecular complexity index is 735. The maximum absolute atomic E-state index is 9.90. The summed E-state index contributed by atoms with van der Waals surface area (Å²) >= 11 is 1.36. The summed E-state index contributed by atoms with van der Waals surface area (Å²) in [5.41, 5.74) is 1.84. The largest absolute Gasteiger partial charge is 0.508 e. The van der Waals surface area contributed by atoms with E-state index in [2.05, 4.69) is 15.3 Å². The van der Waals surface area contributed by atoms with Crippen LogP contribution in [0, 0.1) is 0 Å². The number of rotatable bonds is 3. The number of hydrogen-bond acceptors (Lipinski definition) is 7. The first-order valence-electron chi connectivity index (χ1n) is 6.72. The molecule has 0 fully saturated rings. The number of nitrogens with one attached hydrogen (secondary N) is 1. The summed E-state index contributed by atoms with van der Waals surface area (Å²) in [6, 6.07) is 8.57. The molecule has 2 heterocycles. The van der Waals surface area contributed by atoms with E-state index in [1.165, 1.54) is 11.8 Å². The van der Waals surface area contributed by atoms with Crippen molar-refractivity contribution in [3.8, 4) is 5.75 Å². The monoisotopic (exact) mass is 316 g/mol. The third kappa shape index (κ3) is 2.86. The topological polar surface area (TPSA) is 81.5 Å². The van der Waals surface area contributed by atoms with Crippen LogP contribution in [0.3, 0.4) is 0 Å². The second kappa shape index (κ2) is 5.86. The van der Waals surface area contributed by atoms with E-state index in [0.717, 1.165) is 16.3 Å². The Kier molecular flexibility index (Phi) is 3.91. The van der Waals surface area contributed by atoms with E-state index in [9.17, 15) is 10.2 Å². The van der Waals surface area contributed by atoms with Crippen molar-refractivity contribution in [2.24, 2.45) is 0 Å². The Labute approximate surface area is 132 Å². The van der Waals surface area contributed by atoms with Crippen molar-refractivity contribution in [2.45, 2.75) is 12.5 Å². The van der Waals surface area contributed by atoms with Gasteiger partial charge in [0.1, 0.15) is 5.75 Å². The SMILES string of the molecule is CC1=C(c2ccnc(Nc3cccc(O)c3)n2)SC(O)N1C. The summed E-state index contributed by atoms with van der Waals surface area (Å²) in [5.74, 6) is 0.615. The summed E-state index contributed by atoms with van der Waals surface area (Å²) in [6.07, 6.45) is 1.67. The molecule has 3 rings (SSSR count). The molecule has 0 bridgehead atoms. The van der Waals surface area contributed by atoms with Gasteiger partial charge >= 0.3 is 0 Å². The summed E-state index contributed by atoms with van der Waals surface area (Å²) in [4.78, 5) is 11.4. The molecule has 0 spiro atoms. The maximum Gasteiger partial charge on any atom is 0.227 e. The molecular weight excluding hydrogens is 300 g/mol. The zero-order chi connectivity index (χ0) is 15.7.